The summed E-state index contributed by atoms with van der Waals surface area (Å²) >= 11 is 0. The van der Waals surface area contributed by atoms with E-state index >= 15 is 0 Å². The Morgan fingerprint density at radius 2 is 2.21 bits per heavy atom. The molecule has 0 radical (unpaired) electrons. The quantitative estimate of drug-likeness (QED) is 0.852. The SMILES string of the molecule is CC(C)Cc1noc(CN(C)CC2CCCC2O)n1. The van der Waals surface area contributed by atoms with E-state index in [1.807, 2.05) is 7.05 Å². The minimum Gasteiger partial charge on any atom is -0.393 e. The van der Waals surface area contributed by atoms with Gasteiger partial charge in [-0.1, -0.05) is 25.4 Å². The molecule has 1 aliphatic rings. The fraction of sp³-hybridized carbons (Fsp3) is 0.857. The summed E-state index contributed by atoms with van der Waals surface area (Å²) in [6, 6.07) is 0. The van der Waals surface area contributed by atoms with Crippen LogP contribution in [-0.2, 0) is 13.0 Å². The molecule has 1 heterocycles. The second-order valence-corrected chi connectivity index (χ2v) is 6.16. The second kappa shape index (κ2) is 6.48. The highest BCUT2D eigenvalue weighted by Crippen LogP contribution is 2.26. The maximum atomic E-state index is 9.83. The molecule has 1 aromatic heterocycles. The van der Waals surface area contributed by atoms with Crippen molar-refractivity contribution in [3.05, 3.63) is 11.7 Å². The summed E-state index contributed by atoms with van der Waals surface area (Å²) in [6.45, 7) is 5.84. The number of rotatable bonds is 6. The van der Waals surface area contributed by atoms with E-state index in [1.54, 1.807) is 0 Å². The number of nitrogens with zero attached hydrogens (tertiary/aromatic N) is 3. The van der Waals surface area contributed by atoms with Crippen LogP contribution in [-0.4, -0.2) is 39.8 Å². The number of hydrogen-bond acceptors (Lipinski definition) is 5. The Labute approximate surface area is 115 Å². The maximum absolute atomic E-state index is 9.83. The van der Waals surface area contributed by atoms with Gasteiger partial charge in [-0.3, -0.25) is 4.90 Å². The Morgan fingerprint density at radius 1 is 1.42 bits per heavy atom. The van der Waals surface area contributed by atoms with Crippen LogP contribution in [0, 0.1) is 11.8 Å². The van der Waals surface area contributed by atoms with E-state index in [9.17, 15) is 5.11 Å². The molecular weight excluding hydrogens is 242 g/mol. The van der Waals surface area contributed by atoms with Gasteiger partial charge in [0, 0.05) is 13.0 Å². The van der Waals surface area contributed by atoms with Crippen LogP contribution >= 0.6 is 0 Å². The lowest BCUT2D eigenvalue weighted by Crippen LogP contribution is -2.29. The first-order valence-corrected chi connectivity index (χ1v) is 7.22. The molecule has 1 saturated carbocycles. The van der Waals surface area contributed by atoms with Crippen molar-refractivity contribution in [2.45, 2.75) is 52.2 Å². The lowest BCUT2D eigenvalue weighted by atomic mass is 10.1. The van der Waals surface area contributed by atoms with Crippen molar-refractivity contribution in [3.8, 4) is 0 Å². The molecule has 5 heteroatoms. The van der Waals surface area contributed by atoms with Crippen LogP contribution in [0.25, 0.3) is 0 Å². The van der Waals surface area contributed by atoms with Gasteiger partial charge in [0.25, 0.3) is 0 Å². The van der Waals surface area contributed by atoms with Crippen molar-refractivity contribution in [1.29, 1.82) is 0 Å². The van der Waals surface area contributed by atoms with E-state index in [2.05, 4.69) is 28.9 Å². The Kier molecular flexibility index (Phi) is 4.93. The van der Waals surface area contributed by atoms with Gasteiger partial charge in [-0.2, -0.15) is 4.98 Å². The molecule has 0 aromatic carbocycles. The Bertz CT molecular complexity index is 392. The predicted molar refractivity (Wildman–Crippen MR) is 72.5 cm³/mol. The van der Waals surface area contributed by atoms with E-state index in [0.717, 1.165) is 38.1 Å². The third-order valence-corrected chi connectivity index (χ3v) is 3.67. The molecule has 0 amide bonds. The van der Waals surface area contributed by atoms with Crippen LogP contribution in [0.3, 0.4) is 0 Å². The van der Waals surface area contributed by atoms with Gasteiger partial charge in [0.1, 0.15) is 0 Å². The van der Waals surface area contributed by atoms with E-state index in [0.29, 0.717) is 24.3 Å². The molecule has 108 valence electrons. The number of aliphatic hydroxyl groups excluding tert-OH is 1. The van der Waals surface area contributed by atoms with E-state index in [-0.39, 0.29) is 6.10 Å². The van der Waals surface area contributed by atoms with Crippen molar-refractivity contribution >= 4 is 0 Å². The van der Waals surface area contributed by atoms with E-state index < -0.39 is 0 Å². The van der Waals surface area contributed by atoms with Gasteiger partial charge in [-0.05, 0) is 31.7 Å². The maximum Gasteiger partial charge on any atom is 0.240 e. The molecule has 0 bridgehead atoms. The smallest absolute Gasteiger partial charge is 0.240 e. The van der Waals surface area contributed by atoms with Crippen molar-refractivity contribution in [2.24, 2.45) is 11.8 Å². The van der Waals surface area contributed by atoms with Gasteiger partial charge >= 0.3 is 0 Å². The van der Waals surface area contributed by atoms with Crippen molar-refractivity contribution < 1.29 is 9.63 Å². The van der Waals surface area contributed by atoms with Gasteiger partial charge in [0.15, 0.2) is 5.82 Å². The molecule has 19 heavy (non-hydrogen) atoms. The van der Waals surface area contributed by atoms with Crippen LogP contribution in [0.2, 0.25) is 0 Å². The van der Waals surface area contributed by atoms with Crippen molar-refractivity contribution in [3.63, 3.8) is 0 Å². The first-order chi connectivity index (χ1) is 9.04. The molecule has 1 aliphatic carbocycles. The molecule has 1 N–H and O–H groups in total. The zero-order valence-electron chi connectivity index (χ0n) is 12.2. The molecule has 1 aromatic rings. The second-order valence-electron chi connectivity index (χ2n) is 6.16. The molecule has 0 saturated heterocycles. The highest BCUT2D eigenvalue weighted by molar-refractivity contribution is 4.88. The van der Waals surface area contributed by atoms with Crippen LogP contribution in [0.5, 0.6) is 0 Å². The van der Waals surface area contributed by atoms with Crippen LogP contribution in [0.1, 0.15) is 44.8 Å². The highest BCUT2D eigenvalue weighted by atomic mass is 16.5. The molecular formula is C14H25N3O2. The molecule has 2 unspecified atom stereocenters. The average molecular weight is 267 g/mol. The Hall–Kier alpha value is -0.940. The lowest BCUT2D eigenvalue weighted by molar-refractivity contribution is 0.104. The molecule has 2 rings (SSSR count). The molecule has 0 aliphatic heterocycles. The minimum absolute atomic E-state index is 0.137. The molecule has 1 fully saturated rings. The third kappa shape index (κ3) is 4.28. The van der Waals surface area contributed by atoms with Gasteiger partial charge < -0.3 is 9.63 Å². The monoisotopic (exact) mass is 267 g/mol. The average Bonchev–Trinajstić information content (AvgIpc) is 2.89. The number of hydrogen-bond donors (Lipinski definition) is 1. The summed E-state index contributed by atoms with van der Waals surface area (Å²) in [4.78, 5) is 6.56. The topological polar surface area (TPSA) is 62.4 Å². The fourth-order valence-corrected chi connectivity index (χ4v) is 2.73. The summed E-state index contributed by atoms with van der Waals surface area (Å²) in [6.07, 6.45) is 3.92. The van der Waals surface area contributed by atoms with Crippen molar-refractivity contribution in [1.82, 2.24) is 15.0 Å². The van der Waals surface area contributed by atoms with Crippen LogP contribution in [0.4, 0.5) is 0 Å². The highest BCUT2D eigenvalue weighted by Gasteiger charge is 2.26. The van der Waals surface area contributed by atoms with E-state index in [4.69, 9.17) is 4.52 Å². The van der Waals surface area contributed by atoms with E-state index in [1.165, 1.54) is 0 Å². The summed E-state index contributed by atoms with van der Waals surface area (Å²) in [5.74, 6) is 2.39. The van der Waals surface area contributed by atoms with Gasteiger partial charge in [0.05, 0.1) is 12.6 Å². The Morgan fingerprint density at radius 3 is 2.84 bits per heavy atom. The molecule has 0 spiro atoms. The van der Waals surface area contributed by atoms with Gasteiger partial charge in [-0.15, -0.1) is 0 Å². The van der Waals surface area contributed by atoms with Crippen molar-refractivity contribution in [2.75, 3.05) is 13.6 Å². The predicted octanol–water partition coefficient (Wildman–Crippen LogP) is 1.86. The zero-order chi connectivity index (χ0) is 13.8. The first-order valence-electron chi connectivity index (χ1n) is 7.22. The lowest BCUT2D eigenvalue weighted by Gasteiger charge is -2.21. The summed E-state index contributed by atoms with van der Waals surface area (Å²) in [5.41, 5.74) is 0. The largest absolute Gasteiger partial charge is 0.393 e. The van der Waals surface area contributed by atoms with Crippen LogP contribution in [0.15, 0.2) is 4.52 Å². The third-order valence-electron chi connectivity index (χ3n) is 3.67. The fourth-order valence-electron chi connectivity index (χ4n) is 2.73. The standard InChI is InChI=1S/C14H25N3O2/c1-10(2)7-13-15-14(19-16-13)9-17(3)8-11-5-4-6-12(11)18/h10-12,18H,4-9H2,1-3H3. The summed E-state index contributed by atoms with van der Waals surface area (Å²) < 4.78 is 5.26. The minimum atomic E-state index is -0.137. The first kappa shape index (κ1) is 14.5. The Balaban J connectivity index is 1.81. The normalized spacial score (nSPS) is 23.7. The van der Waals surface area contributed by atoms with Gasteiger partial charge in [0.2, 0.25) is 5.89 Å². The summed E-state index contributed by atoms with van der Waals surface area (Å²) in [7, 11) is 2.04. The van der Waals surface area contributed by atoms with Gasteiger partial charge in [-0.25, -0.2) is 0 Å². The number of aromatic nitrogens is 2. The molecule has 2 atom stereocenters. The molecule has 5 nitrogen and oxygen atoms in total. The number of aliphatic hydroxyl groups is 1. The zero-order valence-corrected chi connectivity index (χ0v) is 12.2. The summed E-state index contributed by atoms with van der Waals surface area (Å²) in [5, 5.41) is 13.8. The van der Waals surface area contributed by atoms with Crippen LogP contribution < -0.4 is 0 Å².